The standard InChI is InChI=1S/C16H27N3O13P2/c1-7-5-19(16(23)18-14(7)22)12-4-10(20)11(30-12)6-28-33(24,25)32-34(26,27)31-15-13(21)9(17)3-8(2)29-15/h5,8-13,15,20-21H,3-4,6,17H2,1-2H3,(H,24,25)(H,26,27)(H,18,22,23)/t8?,9-,10+,11+,12+,13?,15+/m0/s1. The molecule has 2 fully saturated rings. The summed E-state index contributed by atoms with van der Waals surface area (Å²) in [7, 11) is -10.5. The van der Waals surface area contributed by atoms with Crippen molar-refractivity contribution in [1.82, 2.24) is 9.55 Å². The highest BCUT2D eigenvalue weighted by Gasteiger charge is 2.44. The van der Waals surface area contributed by atoms with Gasteiger partial charge in [-0.15, -0.1) is 0 Å². The number of aromatic amines is 1. The maximum Gasteiger partial charge on any atom is 0.483 e. The van der Waals surface area contributed by atoms with Crippen molar-refractivity contribution in [3.05, 3.63) is 32.6 Å². The molecular formula is C16H27N3O13P2. The van der Waals surface area contributed by atoms with Crippen LogP contribution < -0.4 is 17.0 Å². The van der Waals surface area contributed by atoms with Gasteiger partial charge in [0.2, 0.25) is 0 Å². The van der Waals surface area contributed by atoms with Gasteiger partial charge in [0.15, 0.2) is 6.29 Å². The molecule has 1 aromatic rings. The van der Waals surface area contributed by atoms with Crippen LogP contribution in [0, 0.1) is 6.92 Å². The van der Waals surface area contributed by atoms with E-state index in [4.69, 9.17) is 15.2 Å². The predicted octanol–water partition coefficient (Wildman–Crippen LogP) is -1.43. The fourth-order valence-corrected chi connectivity index (χ4v) is 5.64. The Bertz CT molecular complexity index is 1090. The molecule has 2 aliphatic rings. The first-order valence-corrected chi connectivity index (χ1v) is 13.1. The predicted molar refractivity (Wildman–Crippen MR) is 111 cm³/mol. The molecule has 194 valence electrons. The van der Waals surface area contributed by atoms with Crippen LogP contribution in [0.5, 0.6) is 0 Å². The first-order chi connectivity index (χ1) is 15.7. The molecule has 3 heterocycles. The maximum absolute atomic E-state index is 12.2. The van der Waals surface area contributed by atoms with Gasteiger partial charge in [-0.2, -0.15) is 4.31 Å². The molecule has 0 aromatic carbocycles. The zero-order valence-electron chi connectivity index (χ0n) is 18.1. The van der Waals surface area contributed by atoms with Crippen molar-refractivity contribution in [2.45, 2.75) is 69.7 Å². The Morgan fingerprint density at radius 3 is 2.56 bits per heavy atom. The highest BCUT2D eigenvalue weighted by molar-refractivity contribution is 7.61. The highest BCUT2D eigenvalue weighted by Crippen LogP contribution is 2.61. The number of aliphatic hydroxyl groups excluding tert-OH is 2. The highest BCUT2D eigenvalue weighted by atomic mass is 31.3. The number of hydrogen-bond acceptors (Lipinski definition) is 12. The fraction of sp³-hybridized carbons (Fsp3) is 0.750. The number of phosphoric ester groups is 2. The van der Waals surface area contributed by atoms with Gasteiger partial charge in [-0.25, -0.2) is 13.9 Å². The van der Waals surface area contributed by atoms with Crippen molar-refractivity contribution >= 4 is 15.6 Å². The molecule has 4 unspecified atom stereocenters. The van der Waals surface area contributed by atoms with Crippen molar-refractivity contribution < 1.29 is 52.0 Å². The molecule has 0 radical (unpaired) electrons. The lowest BCUT2D eigenvalue weighted by Gasteiger charge is -2.36. The number of aliphatic hydroxyl groups is 2. The third kappa shape index (κ3) is 6.69. The van der Waals surface area contributed by atoms with Crippen LogP contribution in [0.25, 0.3) is 0 Å². The van der Waals surface area contributed by atoms with E-state index in [1.54, 1.807) is 6.92 Å². The van der Waals surface area contributed by atoms with E-state index in [0.29, 0.717) is 0 Å². The van der Waals surface area contributed by atoms with Gasteiger partial charge >= 0.3 is 21.3 Å². The Kier molecular flexibility index (Phi) is 8.35. The average Bonchev–Trinajstić information content (AvgIpc) is 3.06. The van der Waals surface area contributed by atoms with Gasteiger partial charge in [0.1, 0.15) is 18.4 Å². The zero-order chi connectivity index (χ0) is 25.4. The summed E-state index contributed by atoms with van der Waals surface area (Å²) in [5.74, 6) is 0. The lowest BCUT2D eigenvalue weighted by atomic mass is 10.0. The smallest absolute Gasteiger partial charge is 0.390 e. The molecule has 0 amide bonds. The van der Waals surface area contributed by atoms with Crippen LogP contribution in [0.3, 0.4) is 0 Å². The molecule has 0 aliphatic carbocycles. The molecule has 0 saturated carbocycles. The van der Waals surface area contributed by atoms with E-state index in [9.17, 15) is 38.7 Å². The summed E-state index contributed by atoms with van der Waals surface area (Å²) in [4.78, 5) is 45.2. The second-order valence-electron chi connectivity index (χ2n) is 8.04. The minimum absolute atomic E-state index is 0.118. The first kappa shape index (κ1) is 27.3. The Hall–Kier alpha value is -1.26. The van der Waals surface area contributed by atoms with Gasteiger partial charge in [-0.1, -0.05) is 0 Å². The van der Waals surface area contributed by atoms with E-state index in [-0.39, 0.29) is 18.4 Å². The van der Waals surface area contributed by atoms with Crippen LogP contribution >= 0.6 is 15.6 Å². The van der Waals surface area contributed by atoms with Crippen LogP contribution in [0.1, 0.15) is 31.6 Å². The number of ether oxygens (including phenoxy) is 2. The van der Waals surface area contributed by atoms with Crippen LogP contribution in [-0.2, 0) is 32.0 Å². The number of aryl methyl sites for hydroxylation is 1. The quantitative estimate of drug-likeness (QED) is 0.211. The molecule has 9 atom stereocenters. The van der Waals surface area contributed by atoms with E-state index in [0.717, 1.165) is 4.57 Å². The maximum atomic E-state index is 12.2. The Morgan fingerprint density at radius 2 is 1.88 bits per heavy atom. The molecule has 7 N–H and O–H groups in total. The number of nitrogens with two attached hydrogens (primary N) is 1. The molecule has 1 aromatic heterocycles. The number of phosphoric acid groups is 2. The van der Waals surface area contributed by atoms with Crippen LogP contribution in [0.2, 0.25) is 0 Å². The summed E-state index contributed by atoms with van der Waals surface area (Å²) in [6.45, 7) is 2.27. The molecule has 3 rings (SSSR count). The number of nitrogens with one attached hydrogen (secondary N) is 1. The van der Waals surface area contributed by atoms with Gasteiger partial charge in [0.05, 0.1) is 18.8 Å². The van der Waals surface area contributed by atoms with Crippen molar-refractivity contribution in [2.75, 3.05) is 6.61 Å². The van der Waals surface area contributed by atoms with Gasteiger partial charge in [-0.05, 0) is 20.3 Å². The normalized spacial score (nSPS) is 35.6. The summed E-state index contributed by atoms with van der Waals surface area (Å²) in [5.41, 5.74) is 4.53. The molecule has 0 spiro atoms. The van der Waals surface area contributed by atoms with Gasteiger partial charge in [0, 0.05) is 24.2 Å². The average molecular weight is 531 g/mol. The summed E-state index contributed by atoms with van der Waals surface area (Å²) >= 11 is 0. The summed E-state index contributed by atoms with van der Waals surface area (Å²) in [5, 5.41) is 20.1. The van der Waals surface area contributed by atoms with E-state index in [1.165, 1.54) is 13.1 Å². The lowest BCUT2D eigenvalue weighted by molar-refractivity contribution is -0.208. The number of hydrogen-bond donors (Lipinski definition) is 6. The largest absolute Gasteiger partial charge is 0.483 e. The Labute approximate surface area is 192 Å². The Morgan fingerprint density at radius 1 is 1.21 bits per heavy atom. The zero-order valence-corrected chi connectivity index (χ0v) is 19.9. The fourth-order valence-electron chi connectivity index (χ4n) is 3.48. The monoisotopic (exact) mass is 531 g/mol. The molecule has 2 saturated heterocycles. The second-order valence-corrected chi connectivity index (χ2v) is 11.0. The minimum atomic E-state index is -5.29. The van der Waals surface area contributed by atoms with Crippen LogP contribution in [0.15, 0.2) is 15.8 Å². The number of H-pyrrole nitrogens is 1. The van der Waals surface area contributed by atoms with Gasteiger partial charge < -0.3 is 35.2 Å². The number of rotatable bonds is 8. The van der Waals surface area contributed by atoms with E-state index in [2.05, 4.69) is 18.3 Å². The van der Waals surface area contributed by atoms with Gasteiger partial charge in [-0.3, -0.25) is 23.4 Å². The summed E-state index contributed by atoms with van der Waals surface area (Å²) in [6, 6.07) is -0.835. The van der Waals surface area contributed by atoms with Crippen molar-refractivity contribution in [2.24, 2.45) is 5.73 Å². The minimum Gasteiger partial charge on any atom is -0.390 e. The molecule has 16 nitrogen and oxygen atoms in total. The summed E-state index contributed by atoms with van der Waals surface area (Å²) in [6.07, 6.45) is -5.88. The molecule has 34 heavy (non-hydrogen) atoms. The van der Waals surface area contributed by atoms with E-state index >= 15 is 0 Å². The lowest BCUT2D eigenvalue weighted by Crippen LogP contribution is -2.52. The number of nitrogens with zero attached hydrogens (tertiary/aromatic N) is 1. The first-order valence-electron chi connectivity index (χ1n) is 10.1. The molecule has 2 aliphatic heterocycles. The molecule has 18 heteroatoms. The third-order valence-electron chi connectivity index (χ3n) is 5.19. The third-order valence-corrected chi connectivity index (χ3v) is 7.79. The topological polar surface area (TPSA) is 242 Å². The van der Waals surface area contributed by atoms with Gasteiger partial charge in [0.25, 0.3) is 5.56 Å². The van der Waals surface area contributed by atoms with Crippen LogP contribution in [-0.4, -0.2) is 72.9 Å². The van der Waals surface area contributed by atoms with Crippen molar-refractivity contribution in [1.29, 1.82) is 0 Å². The van der Waals surface area contributed by atoms with Crippen molar-refractivity contribution in [3.8, 4) is 0 Å². The van der Waals surface area contributed by atoms with E-state index < -0.39 is 76.5 Å². The molecule has 0 bridgehead atoms. The SMILES string of the molecule is Cc1cn([C@H]2C[C@@H](O)[C@@H](COP(=O)(O)OP(=O)(O)O[C@H]3OC(C)C[C@H](N)C3O)O2)c(=O)[nH]c1=O. The van der Waals surface area contributed by atoms with Crippen LogP contribution in [0.4, 0.5) is 0 Å². The Balaban J connectivity index is 1.58. The second kappa shape index (κ2) is 10.4. The number of aromatic nitrogens is 2. The molecular weight excluding hydrogens is 504 g/mol. The van der Waals surface area contributed by atoms with E-state index in [1.807, 2.05) is 0 Å². The van der Waals surface area contributed by atoms with Crippen molar-refractivity contribution in [3.63, 3.8) is 0 Å². The summed E-state index contributed by atoms with van der Waals surface area (Å²) < 4.78 is 49.5.